The first kappa shape index (κ1) is 22.3. The quantitative estimate of drug-likeness (QED) is 0.159. The molecule has 0 unspecified atom stereocenters. The van der Waals surface area contributed by atoms with Crippen LogP contribution in [-0.2, 0) is 30.3 Å². The van der Waals surface area contributed by atoms with E-state index in [9.17, 15) is 4.79 Å². The fraction of sp³-hybridized carbons (Fsp3) is 0.222. The predicted molar refractivity (Wildman–Crippen MR) is 125 cm³/mol. The third kappa shape index (κ3) is 4.11. The third-order valence-electron chi connectivity index (χ3n) is 5.61. The second-order valence-corrected chi connectivity index (χ2v) is 8.44. The maximum absolute atomic E-state index is 10.2. The van der Waals surface area contributed by atoms with Crippen LogP contribution in [0.2, 0.25) is 0 Å². The van der Waals surface area contributed by atoms with E-state index in [1.54, 1.807) is 0 Å². The van der Waals surface area contributed by atoms with Gasteiger partial charge in [-0.05, 0) is 49.0 Å². The molecular formula is C27H25IrN2O2-. The summed E-state index contributed by atoms with van der Waals surface area (Å²) >= 11 is 0. The van der Waals surface area contributed by atoms with Crippen molar-refractivity contribution in [3.05, 3.63) is 83.4 Å². The zero-order valence-electron chi connectivity index (χ0n) is 19.7. The minimum Gasteiger partial charge on any atom is -0.512 e. The Morgan fingerprint density at radius 3 is 2.59 bits per heavy atom. The fourth-order valence-corrected chi connectivity index (χ4v) is 4.39. The molecular weight excluding hydrogens is 577 g/mol. The summed E-state index contributed by atoms with van der Waals surface area (Å²) in [6.07, 6.45) is 3.80. The van der Waals surface area contributed by atoms with Crippen LogP contribution in [0, 0.1) is 13.0 Å². The van der Waals surface area contributed by atoms with Gasteiger partial charge in [0, 0.05) is 44.0 Å². The number of allylic oxidation sites excluding steroid dienone is 2. The van der Waals surface area contributed by atoms with Crippen molar-refractivity contribution in [3.8, 4) is 11.3 Å². The average molecular weight is 603 g/mol. The molecule has 0 amide bonds. The predicted octanol–water partition coefficient (Wildman–Crippen LogP) is 6.23. The SMILES string of the molecule is Cc1cnc2cnc3c(c2c1)C(C)(C)c1cccc2cc[c-]c-3c12.[2H]/C(C(C)=O)=C(\C)O.[Ir]. The molecule has 2 aromatic carbocycles. The van der Waals surface area contributed by atoms with E-state index in [0.29, 0.717) is 0 Å². The van der Waals surface area contributed by atoms with Crippen LogP contribution in [0.25, 0.3) is 32.9 Å². The molecule has 1 N–H and O–H groups in total. The summed E-state index contributed by atoms with van der Waals surface area (Å²) in [4.78, 5) is 19.6. The minimum atomic E-state index is -0.412. The summed E-state index contributed by atoms with van der Waals surface area (Å²) in [7, 11) is 0. The number of aliphatic hydroxyl groups excluding tert-OH is 1. The molecule has 32 heavy (non-hydrogen) atoms. The van der Waals surface area contributed by atoms with Crippen molar-refractivity contribution in [2.45, 2.75) is 40.0 Å². The van der Waals surface area contributed by atoms with Gasteiger partial charge < -0.3 is 10.1 Å². The van der Waals surface area contributed by atoms with Crippen molar-refractivity contribution in [1.82, 2.24) is 9.97 Å². The summed E-state index contributed by atoms with van der Waals surface area (Å²) in [5.74, 6) is -0.637. The van der Waals surface area contributed by atoms with Crippen molar-refractivity contribution >= 4 is 27.5 Å². The summed E-state index contributed by atoms with van der Waals surface area (Å²) < 4.78 is 6.76. The molecule has 0 saturated heterocycles. The smallest absolute Gasteiger partial charge is 0.155 e. The van der Waals surface area contributed by atoms with Crippen LogP contribution in [0.1, 0.15) is 45.8 Å². The van der Waals surface area contributed by atoms with Crippen LogP contribution in [0.3, 0.4) is 0 Å². The van der Waals surface area contributed by atoms with E-state index >= 15 is 0 Å². The topological polar surface area (TPSA) is 63.1 Å². The Morgan fingerprint density at radius 2 is 1.94 bits per heavy atom. The van der Waals surface area contributed by atoms with Gasteiger partial charge in [0.1, 0.15) is 0 Å². The number of rotatable bonds is 1. The number of fused-ring (bicyclic) bond motifs is 4. The summed E-state index contributed by atoms with van der Waals surface area (Å²) in [5, 5.41) is 12.2. The Bertz CT molecular complexity index is 1420. The Labute approximate surface area is 203 Å². The normalized spacial score (nSPS) is 14.3. The van der Waals surface area contributed by atoms with Crippen LogP contribution in [0.4, 0.5) is 0 Å². The number of benzene rings is 2. The number of aromatic nitrogens is 2. The van der Waals surface area contributed by atoms with Crippen molar-refractivity contribution in [3.63, 3.8) is 0 Å². The van der Waals surface area contributed by atoms with Gasteiger partial charge in [-0.3, -0.25) is 9.78 Å². The molecule has 0 bridgehead atoms. The van der Waals surface area contributed by atoms with Gasteiger partial charge in [0.05, 0.1) is 12.6 Å². The standard InChI is InChI=1S/C22H17N2.C5H8O2.Ir/c1-13-10-16-18(23-11-13)12-24-21-15-8-4-6-14-7-5-9-17(19(14)15)22(2,3)20(16)21;1-4(6)3-5(2)7;/h4-7,9-12H,1-3H3;3,6H,1-2H3;/q-1;;/b;4-3-;/i;3D;. The van der Waals surface area contributed by atoms with Crippen molar-refractivity contribution in [1.29, 1.82) is 0 Å². The van der Waals surface area contributed by atoms with Crippen LogP contribution in [0.5, 0.6) is 0 Å². The monoisotopic (exact) mass is 603 g/mol. The van der Waals surface area contributed by atoms with Gasteiger partial charge in [-0.1, -0.05) is 43.0 Å². The average Bonchev–Trinajstić information content (AvgIpc) is 2.76. The third-order valence-corrected chi connectivity index (χ3v) is 5.61. The largest absolute Gasteiger partial charge is 0.512 e. The number of aliphatic hydroxyl groups is 1. The molecule has 0 spiro atoms. The first-order valence-corrected chi connectivity index (χ1v) is 10.2. The number of hydrogen-bond acceptors (Lipinski definition) is 4. The summed E-state index contributed by atoms with van der Waals surface area (Å²) in [5.41, 5.74) is 6.77. The van der Waals surface area contributed by atoms with E-state index in [2.05, 4.69) is 62.2 Å². The van der Waals surface area contributed by atoms with E-state index in [1.807, 2.05) is 18.5 Å². The van der Waals surface area contributed by atoms with Gasteiger partial charge in [-0.2, -0.15) is 0 Å². The second-order valence-electron chi connectivity index (χ2n) is 8.44. The zero-order chi connectivity index (χ0) is 23.2. The Hall–Kier alpha value is -2.88. The molecule has 4 aromatic rings. The number of ketones is 1. The molecule has 165 valence electrons. The number of aryl methyl sites for hydroxylation is 1. The molecule has 1 aliphatic carbocycles. The molecule has 4 nitrogen and oxygen atoms in total. The first-order valence-electron chi connectivity index (χ1n) is 10.7. The molecule has 2 aromatic heterocycles. The molecule has 5 rings (SSSR count). The van der Waals surface area contributed by atoms with E-state index in [-0.39, 0.29) is 37.3 Å². The number of hydrogen-bond donors (Lipinski definition) is 1. The maximum Gasteiger partial charge on any atom is 0.155 e. The Kier molecular flexibility index (Phi) is 6.23. The summed E-state index contributed by atoms with van der Waals surface area (Å²) in [6, 6.07) is 16.1. The van der Waals surface area contributed by atoms with Crippen molar-refractivity contribution < 1.29 is 31.4 Å². The molecule has 0 saturated carbocycles. The molecule has 0 fully saturated rings. The first-order chi connectivity index (χ1) is 15.1. The van der Waals surface area contributed by atoms with Gasteiger partial charge in [-0.15, -0.1) is 29.1 Å². The van der Waals surface area contributed by atoms with Crippen LogP contribution in [0.15, 0.2) is 60.6 Å². The fourth-order valence-electron chi connectivity index (χ4n) is 4.39. The zero-order valence-corrected chi connectivity index (χ0v) is 21.1. The van der Waals surface area contributed by atoms with Gasteiger partial charge in [0.2, 0.25) is 0 Å². The molecule has 1 radical (unpaired) electrons. The van der Waals surface area contributed by atoms with Crippen LogP contribution < -0.4 is 0 Å². The van der Waals surface area contributed by atoms with E-state index < -0.39 is 5.78 Å². The van der Waals surface area contributed by atoms with Gasteiger partial charge >= 0.3 is 0 Å². The van der Waals surface area contributed by atoms with E-state index in [0.717, 1.165) is 16.8 Å². The second kappa shape index (κ2) is 8.93. The summed E-state index contributed by atoms with van der Waals surface area (Å²) in [6.45, 7) is 9.22. The van der Waals surface area contributed by atoms with Crippen molar-refractivity contribution in [2.75, 3.05) is 0 Å². The number of carbonyl (C=O) groups excluding carboxylic acids is 1. The van der Waals surface area contributed by atoms with Crippen LogP contribution >= 0.6 is 0 Å². The maximum atomic E-state index is 10.2. The molecule has 1 aliphatic rings. The molecule has 5 heteroatoms. The van der Waals surface area contributed by atoms with E-state index in [1.165, 1.54) is 46.7 Å². The van der Waals surface area contributed by atoms with Gasteiger partial charge in [0.15, 0.2) is 5.78 Å². The molecule has 0 atom stereocenters. The number of carbonyl (C=O) groups is 1. The molecule has 0 aliphatic heterocycles. The number of pyridine rings is 2. The van der Waals surface area contributed by atoms with Crippen molar-refractivity contribution in [2.24, 2.45) is 0 Å². The Balaban J connectivity index is 0.000000297. The van der Waals surface area contributed by atoms with Gasteiger partial charge in [-0.25, -0.2) is 0 Å². The Morgan fingerprint density at radius 1 is 1.19 bits per heavy atom. The van der Waals surface area contributed by atoms with Gasteiger partial charge in [0.25, 0.3) is 0 Å². The van der Waals surface area contributed by atoms with E-state index in [4.69, 9.17) is 11.5 Å². The molecule has 2 heterocycles. The van der Waals surface area contributed by atoms with Crippen LogP contribution in [-0.4, -0.2) is 20.9 Å². The number of nitrogens with zero attached hydrogens (tertiary/aromatic N) is 2. The minimum absolute atomic E-state index is 0.